The van der Waals surface area contributed by atoms with E-state index >= 15 is 0 Å². The van der Waals surface area contributed by atoms with Crippen LogP contribution in [0.25, 0.3) is 64.0 Å². The van der Waals surface area contributed by atoms with E-state index in [0.717, 1.165) is 0 Å². The summed E-state index contributed by atoms with van der Waals surface area (Å²) >= 11 is 1.95. The lowest BCUT2D eigenvalue weighted by molar-refractivity contribution is 1.35. The van der Waals surface area contributed by atoms with E-state index < -0.39 is 0 Å². The van der Waals surface area contributed by atoms with E-state index in [9.17, 15) is 0 Å². The van der Waals surface area contributed by atoms with Crippen molar-refractivity contribution in [1.82, 2.24) is 0 Å². The van der Waals surface area contributed by atoms with Crippen molar-refractivity contribution in [2.75, 3.05) is 0 Å². The molecule has 0 aliphatic carbocycles. The van der Waals surface area contributed by atoms with Crippen LogP contribution in [0.3, 0.4) is 0 Å². The average molecular weight is 677 g/mol. The second-order valence-corrected chi connectivity index (χ2v) is 14.6. The standard InChI is InChI=1S/C36H28S.2C7H8/c1-21-11-5-7-13-26(21)28-19-17-22(2)32(23(28)3)33-24(4)27-14-9-10-16-30(27)35-34-29-15-8-6-12-25(29)18-20-31(34)37-36(33)35;2*1-7-5-3-2-4-6-7/h5-20H,1-4H3;2*2-6H,1H3. The van der Waals surface area contributed by atoms with Crippen molar-refractivity contribution < 1.29 is 0 Å². The molecule has 0 aliphatic heterocycles. The van der Waals surface area contributed by atoms with Crippen molar-refractivity contribution in [3.8, 4) is 22.3 Å². The third kappa shape index (κ3) is 6.70. The Balaban J connectivity index is 0.000000242. The van der Waals surface area contributed by atoms with E-state index in [-0.39, 0.29) is 0 Å². The number of aryl methyl sites for hydroxylation is 5. The van der Waals surface area contributed by atoms with Gasteiger partial charge in [0, 0.05) is 25.7 Å². The number of thiophene rings is 1. The van der Waals surface area contributed by atoms with Crippen LogP contribution in [0.15, 0.2) is 158 Å². The zero-order valence-electron chi connectivity index (χ0n) is 30.4. The van der Waals surface area contributed by atoms with Gasteiger partial charge in [-0.1, -0.05) is 163 Å². The minimum atomic E-state index is 1.30. The maximum absolute atomic E-state index is 2.32. The molecule has 0 radical (unpaired) electrons. The van der Waals surface area contributed by atoms with Crippen molar-refractivity contribution >= 4 is 53.1 Å². The van der Waals surface area contributed by atoms with Crippen LogP contribution in [0.2, 0.25) is 0 Å². The van der Waals surface area contributed by atoms with Crippen molar-refractivity contribution in [3.05, 3.63) is 191 Å². The van der Waals surface area contributed by atoms with E-state index in [4.69, 9.17) is 0 Å². The molecule has 0 nitrogen and oxygen atoms in total. The zero-order valence-corrected chi connectivity index (χ0v) is 31.2. The van der Waals surface area contributed by atoms with Gasteiger partial charge in [-0.05, 0) is 108 Å². The zero-order chi connectivity index (χ0) is 35.5. The minimum absolute atomic E-state index is 1.30. The van der Waals surface area contributed by atoms with Crippen molar-refractivity contribution in [1.29, 1.82) is 0 Å². The van der Waals surface area contributed by atoms with Crippen LogP contribution in [0.5, 0.6) is 0 Å². The smallest absolute Gasteiger partial charge is 0.0443 e. The van der Waals surface area contributed by atoms with Gasteiger partial charge in [-0.15, -0.1) is 11.3 Å². The molecule has 0 fully saturated rings. The van der Waals surface area contributed by atoms with Gasteiger partial charge in [0.15, 0.2) is 0 Å². The van der Waals surface area contributed by atoms with Gasteiger partial charge in [0.2, 0.25) is 0 Å². The molecule has 9 aromatic rings. The topological polar surface area (TPSA) is 0 Å². The van der Waals surface area contributed by atoms with Crippen LogP contribution in [-0.4, -0.2) is 0 Å². The molecule has 8 aromatic carbocycles. The fourth-order valence-electron chi connectivity index (χ4n) is 7.40. The molecule has 0 amide bonds. The first-order chi connectivity index (χ1) is 24.8. The molecule has 250 valence electrons. The number of fused-ring (bicyclic) bond motifs is 7. The first-order valence-electron chi connectivity index (χ1n) is 17.8. The summed E-state index contributed by atoms with van der Waals surface area (Å²) in [7, 11) is 0. The summed E-state index contributed by atoms with van der Waals surface area (Å²) < 4.78 is 2.76. The predicted octanol–water partition coefficient (Wildman–Crippen LogP) is 14.9. The number of hydrogen-bond acceptors (Lipinski definition) is 1. The molecule has 1 heteroatoms. The predicted molar refractivity (Wildman–Crippen MR) is 227 cm³/mol. The highest BCUT2D eigenvalue weighted by Crippen LogP contribution is 2.50. The van der Waals surface area contributed by atoms with Crippen molar-refractivity contribution in [2.45, 2.75) is 41.5 Å². The molecule has 0 N–H and O–H groups in total. The lowest BCUT2D eigenvalue weighted by Gasteiger charge is -2.20. The molecule has 0 unspecified atom stereocenters. The molecule has 0 atom stereocenters. The average Bonchev–Trinajstić information content (AvgIpc) is 3.55. The van der Waals surface area contributed by atoms with Gasteiger partial charge in [0.1, 0.15) is 0 Å². The van der Waals surface area contributed by atoms with Gasteiger partial charge in [-0.2, -0.15) is 0 Å². The van der Waals surface area contributed by atoms with Gasteiger partial charge in [-0.3, -0.25) is 0 Å². The highest BCUT2D eigenvalue weighted by Gasteiger charge is 2.22. The Kier molecular flexibility index (Phi) is 9.84. The first kappa shape index (κ1) is 34.0. The third-order valence-corrected chi connectivity index (χ3v) is 11.2. The van der Waals surface area contributed by atoms with Gasteiger partial charge in [0.25, 0.3) is 0 Å². The Bertz CT molecular complexity index is 2590. The van der Waals surface area contributed by atoms with Crippen LogP contribution in [0.4, 0.5) is 0 Å². The summed E-state index contributed by atoms with van der Waals surface area (Å²) in [5.74, 6) is 0. The van der Waals surface area contributed by atoms with E-state index in [1.54, 1.807) is 0 Å². The van der Waals surface area contributed by atoms with Gasteiger partial charge >= 0.3 is 0 Å². The number of rotatable bonds is 2. The molecule has 1 heterocycles. The lowest BCUT2D eigenvalue weighted by atomic mass is 9.84. The Morgan fingerprint density at radius 1 is 0.353 bits per heavy atom. The summed E-state index contributed by atoms with van der Waals surface area (Å²) in [5, 5.41) is 8.13. The third-order valence-electron chi connectivity index (χ3n) is 10.0. The van der Waals surface area contributed by atoms with Gasteiger partial charge in [-0.25, -0.2) is 0 Å². The van der Waals surface area contributed by atoms with Crippen molar-refractivity contribution in [2.24, 2.45) is 0 Å². The summed E-state index contributed by atoms with van der Waals surface area (Å²) in [5.41, 5.74) is 13.4. The Morgan fingerprint density at radius 2 is 0.922 bits per heavy atom. The van der Waals surface area contributed by atoms with Crippen LogP contribution in [0, 0.1) is 41.5 Å². The highest BCUT2D eigenvalue weighted by molar-refractivity contribution is 7.26. The fourth-order valence-corrected chi connectivity index (χ4v) is 8.74. The highest BCUT2D eigenvalue weighted by atomic mass is 32.1. The second kappa shape index (κ2) is 14.8. The van der Waals surface area contributed by atoms with Crippen LogP contribution >= 0.6 is 11.3 Å². The second-order valence-electron chi connectivity index (χ2n) is 13.6. The Labute approximate surface area is 306 Å². The summed E-state index contributed by atoms with van der Waals surface area (Å²) in [6.45, 7) is 13.3. The lowest BCUT2D eigenvalue weighted by Crippen LogP contribution is -1.96. The van der Waals surface area contributed by atoms with Crippen LogP contribution < -0.4 is 0 Å². The molecular weight excluding hydrogens is 633 g/mol. The molecule has 0 aliphatic rings. The molecule has 0 saturated carbocycles. The Hall–Kier alpha value is -5.50. The number of hydrogen-bond donors (Lipinski definition) is 0. The monoisotopic (exact) mass is 676 g/mol. The minimum Gasteiger partial charge on any atom is -0.134 e. The SMILES string of the molecule is Cc1ccccc1.Cc1ccccc1.Cc1ccccc1-c1ccc(C)c(-c2c(C)c3ccccc3c3c2sc2ccc4ccccc4c23)c1C. The van der Waals surface area contributed by atoms with E-state index in [1.807, 2.05) is 47.7 Å². The maximum atomic E-state index is 2.32. The molecule has 1 aromatic heterocycles. The summed E-state index contributed by atoms with van der Waals surface area (Å²) in [6, 6.07) is 56.3. The first-order valence-corrected chi connectivity index (χ1v) is 18.6. The Morgan fingerprint density at radius 3 is 1.55 bits per heavy atom. The summed E-state index contributed by atoms with van der Waals surface area (Å²) in [4.78, 5) is 0. The molecule has 9 rings (SSSR count). The van der Waals surface area contributed by atoms with Gasteiger partial charge in [0.05, 0.1) is 0 Å². The molecule has 0 bridgehead atoms. The van der Waals surface area contributed by atoms with Gasteiger partial charge < -0.3 is 0 Å². The van der Waals surface area contributed by atoms with Crippen LogP contribution in [0.1, 0.15) is 33.4 Å². The van der Waals surface area contributed by atoms with E-state index in [0.29, 0.717) is 0 Å². The van der Waals surface area contributed by atoms with Crippen molar-refractivity contribution in [3.63, 3.8) is 0 Å². The fraction of sp³-hybridized carbons (Fsp3) is 0.120. The quantitative estimate of drug-likeness (QED) is 0.171. The molecule has 0 saturated heterocycles. The normalized spacial score (nSPS) is 10.9. The largest absolute Gasteiger partial charge is 0.134 e. The summed E-state index contributed by atoms with van der Waals surface area (Å²) in [6.07, 6.45) is 0. The number of benzene rings is 8. The molecular formula is C50H44S. The molecule has 51 heavy (non-hydrogen) atoms. The maximum Gasteiger partial charge on any atom is 0.0443 e. The van der Waals surface area contributed by atoms with E-state index in [1.165, 1.54) is 97.4 Å². The van der Waals surface area contributed by atoms with E-state index in [2.05, 4.69) is 163 Å². The molecule has 0 spiro atoms. The van der Waals surface area contributed by atoms with Crippen LogP contribution in [-0.2, 0) is 0 Å².